The maximum absolute atomic E-state index is 12.3. The van der Waals surface area contributed by atoms with Gasteiger partial charge in [-0.05, 0) is 30.2 Å². The van der Waals surface area contributed by atoms with Gasteiger partial charge in [-0.25, -0.2) is 4.79 Å². The van der Waals surface area contributed by atoms with Gasteiger partial charge in [0.15, 0.2) is 18.1 Å². The van der Waals surface area contributed by atoms with Crippen molar-refractivity contribution in [3.63, 3.8) is 0 Å². The second-order valence-corrected chi connectivity index (χ2v) is 7.17. The predicted octanol–water partition coefficient (Wildman–Crippen LogP) is 2.44. The number of rotatable bonds is 5. The summed E-state index contributed by atoms with van der Waals surface area (Å²) in [5.74, 6) is -1.06. The molecule has 2 amide bonds. The molecule has 0 saturated heterocycles. The van der Waals surface area contributed by atoms with E-state index in [1.54, 1.807) is 12.1 Å². The number of anilines is 2. The van der Waals surface area contributed by atoms with Crippen molar-refractivity contribution in [3.8, 4) is 11.5 Å². The summed E-state index contributed by atoms with van der Waals surface area (Å²) in [7, 11) is 0. The molecule has 0 fully saturated rings. The topological polar surface area (TPSA) is 146 Å². The molecule has 2 aliphatic heterocycles. The molecule has 11 heteroatoms. The van der Waals surface area contributed by atoms with Crippen LogP contribution in [0.2, 0.25) is 0 Å². The standard InChI is InChI=1S/C21H19N3O8/c25-19-5-3-12-8-13(2-4-14(12)22-19)21(27)32-11-20(26)23-15-9-17-18(10-16(15)24(28)29)31-7-1-6-30-17/h2,4,8-10H,1,3,5-7,11H2,(H,22,25)(H,23,26). The minimum atomic E-state index is -0.749. The number of esters is 1. The van der Waals surface area contributed by atoms with E-state index in [1.807, 2.05) is 0 Å². The Morgan fingerprint density at radius 3 is 2.62 bits per heavy atom. The number of aryl methyl sites for hydroxylation is 1. The molecule has 0 bridgehead atoms. The van der Waals surface area contributed by atoms with Gasteiger partial charge in [-0.1, -0.05) is 0 Å². The number of nitro benzene ring substituents is 1. The number of hydrogen-bond acceptors (Lipinski definition) is 8. The third kappa shape index (κ3) is 4.61. The Labute approximate surface area is 181 Å². The van der Waals surface area contributed by atoms with Crippen LogP contribution in [0.25, 0.3) is 0 Å². The van der Waals surface area contributed by atoms with Crippen LogP contribution in [0.3, 0.4) is 0 Å². The van der Waals surface area contributed by atoms with Gasteiger partial charge in [0.25, 0.3) is 11.6 Å². The number of hydrogen-bond donors (Lipinski definition) is 2. The molecule has 2 heterocycles. The zero-order valence-electron chi connectivity index (χ0n) is 16.8. The lowest BCUT2D eigenvalue weighted by atomic mass is 10.0. The van der Waals surface area contributed by atoms with Crippen LogP contribution in [-0.2, 0) is 20.7 Å². The fourth-order valence-electron chi connectivity index (χ4n) is 3.36. The lowest BCUT2D eigenvalue weighted by Crippen LogP contribution is -2.22. The van der Waals surface area contributed by atoms with Gasteiger partial charge >= 0.3 is 5.97 Å². The van der Waals surface area contributed by atoms with Crippen molar-refractivity contribution >= 4 is 34.8 Å². The lowest BCUT2D eigenvalue weighted by molar-refractivity contribution is -0.384. The van der Waals surface area contributed by atoms with E-state index in [4.69, 9.17) is 14.2 Å². The maximum atomic E-state index is 12.3. The smallest absolute Gasteiger partial charge is 0.338 e. The van der Waals surface area contributed by atoms with Gasteiger partial charge in [0.2, 0.25) is 5.91 Å². The molecule has 0 aromatic heterocycles. The number of ether oxygens (including phenoxy) is 3. The SMILES string of the molecule is O=C1CCc2cc(C(=O)OCC(=O)Nc3cc4c(cc3[N+](=O)[O-])OCCCO4)ccc2N1. The number of nitrogens with one attached hydrogen (secondary N) is 2. The highest BCUT2D eigenvalue weighted by Gasteiger charge is 2.24. The molecule has 0 spiro atoms. The first kappa shape index (κ1) is 21.1. The average Bonchev–Trinajstić information content (AvgIpc) is 3.01. The lowest BCUT2D eigenvalue weighted by Gasteiger charge is -2.17. The van der Waals surface area contributed by atoms with E-state index < -0.39 is 23.4 Å². The number of nitro groups is 1. The van der Waals surface area contributed by atoms with Crippen LogP contribution in [0.4, 0.5) is 17.1 Å². The summed E-state index contributed by atoms with van der Waals surface area (Å²) in [4.78, 5) is 46.8. The maximum Gasteiger partial charge on any atom is 0.338 e. The summed E-state index contributed by atoms with van der Waals surface area (Å²) in [6.07, 6.45) is 1.44. The quantitative estimate of drug-likeness (QED) is 0.409. The first-order valence-electron chi connectivity index (χ1n) is 9.88. The number of fused-ring (bicyclic) bond motifs is 2. The Hall–Kier alpha value is -4.15. The van der Waals surface area contributed by atoms with Gasteiger partial charge in [-0.3, -0.25) is 19.7 Å². The molecule has 2 aromatic carbocycles. The molecular formula is C21H19N3O8. The van der Waals surface area contributed by atoms with Gasteiger partial charge in [0, 0.05) is 24.6 Å². The Morgan fingerprint density at radius 1 is 1.12 bits per heavy atom. The number of benzene rings is 2. The van der Waals surface area contributed by atoms with E-state index >= 15 is 0 Å². The molecule has 32 heavy (non-hydrogen) atoms. The van der Waals surface area contributed by atoms with E-state index in [2.05, 4.69) is 10.6 Å². The minimum absolute atomic E-state index is 0.0895. The summed E-state index contributed by atoms with van der Waals surface area (Å²) in [6, 6.07) is 7.19. The largest absolute Gasteiger partial charge is 0.489 e. The minimum Gasteiger partial charge on any atom is -0.489 e. The summed E-state index contributed by atoms with van der Waals surface area (Å²) in [6.45, 7) is 0.0966. The fourth-order valence-corrected chi connectivity index (χ4v) is 3.36. The van der Waals surface area contributed by atoms with Crippen LogP contribution in [0.1, 0.15) is 28.8 Å². The van der Waals surface area contributed by atoms with Crippen LogP contribution in [0.15, 0.2) is 30.3 Å². The Balaban J connectivity index is 1.42. The van der Waals surface area contributed by atoms with Gasteiger partial charge in [0.1, 0.15) is 5.69 Å². The number of amides is 2. The Morgan fingerprint density at radius 2 is 1.88 bits per heavy atom. The van der Waals surface area contributed by atoms with Crippen molar-refractivity contribution in [1.29, 1.82) is 0 Å². The van der Waals surface area contributed by atoms with E-state index in [0.717, 1.165) is 5.56 Å². The van der Waals surface area contributed by atoms with E-state index in [0.29, 0.717) is 38.2 Å². The molecule has 0 saturated carbocycles. The molecule has 2 N–H and O–H groups in total. The molecular weight excluding hydrogens is 422 g/mol. The molecule has 2 aliphatic rings. The molecule has 0 radical (unpaired) electrons. The van der Waals surface area contributed by atoms with Gasteiger partial charge in [-0.2, -0.15) is 0 Å². The van der Waals surface area contributed by atoms with Crippen molar-refractivity contribution in [3.05, 3.63) is 51.6 Å². The molecule has 166 valence electrons. The van der Waals surface area contributed by atoms with Crippen LogP contribution < -0.4 is 20.1 Å². The van der Waals surface area contributed by atoms with Gasteiger partial charge in [0.05, 0.1) is 29.8 Å². The number of carbonyl (C=O) groups excluding carboxylic acids is 3. The average molecular weight is 441 g/mol. The van der Waals surface area contributed by atoms with Crippen molar-refractivity contribution in [2.45, 2.75) is 19.3 Å². The van der Waals surface area contributed by atoms with Gasteiger partial charge < -0.3 is 24.8 Å². The molecule has 0 aliphatic carbocycles. The second kappa shape index (κ2) is 8.92. The monoisotopic (exact) mass is 441 g/mol. The zero-order chi connectivity index (χ0) is 22.7. The molecule has 11 nitrogen and oxygen atoms in total. The normalized spacial score (nSPS) is 14.4. The van der Waals surface area contributed by atoms with E-state index in [-0.39, 0.29) is 34.3 Å². The first-order chi connectivity index (χ1) is 15.4. The van der Waals surface area contributed by atoms with E-state index in [9.17, 15) is 24.5 Å². The Bertz CT molecular complexity index is 1110. The zero-order valence-corrected chi connectivity index (χ0v) is 16.8. The van der Waals surface area contributed by atoms with Crippen LogP contribution in [-0.4, -0.2) is 42.5 Å². The van der Waals surface area contributed by atoms with Crippen LogP contribution in [0, 0.1) is 10.1 Å². The third-order valence-corrected chi connectivity index (χ3v) is 4.91. The molecule has 0 atom stereocenters. The number of carbonyl (C=O) groups is 3. The highest BCUT2D eigenvalue weighted by atomic mass is 16.6. The first-order valence-corrected chi connectivity index (χ1v) is 9.88. The molecule has 2 aromatic rings. The second-order valence-electron chi connectivity index (χ2n) is 7.17. The predicted molar refractivity (Wildman–Crippen MR) is 111 cm³/mol. The summed E-state index contributed by atoms with van der Waals surface area (Å²) in [5, 5.41) is 16.5. The van der Waals surface area contributed by atoms with Gasteiger partial charge in [-0.15, -0.1) is 0 Å². The molecule has 0 unspecified atom stereocenters. The fraction of sp³-hybridized carbons (Fsp3) is 0.286. The van der Waals surface area contributed by atoms with Crippen LogP contribution >= 0.6 is 0 Å². The summed E-state index contributed by atoms with van der Waals surface area (Å²) < 4.78 is 16.0. The Kier molecular flexibility index (Phi) is 5.88. The highest BCUT2D eigenvalue weighted by Crippen LogP contribution is 2.39. The van der Waals surface area contributed by atoms with E-state index in [1.165, 1.54) is 18.2 Å². The van der Waals surface area contributed by atoms with Crippen molar-refractivity contribution < 1.29 is 33.5 Å². The van der Waals surface area contributed by atoms with Crippen LogP contribution in [0.5, 0.6) is 11.5 Å². The van der Waals surface area contributed by atoms with Crippen molar-refractivity contribution in [1.82, 2.24) is 0 Å². The van der Waals surface area contributed by atoms with Crippen molar-refractivity contribution in [2.75, 3.05) is 30.5 Å². The van der Waals surface area contributed by atoms with Crippen molar-refractivity contribution in [2.24, 2.45) is 0 Å². The summed E-state index contributed by atoms with van der Waals surface area (Å²) >= 11 is 0. The summed E-state index contributed by atoms with van der Waals surface area (Å²) in [5.41, 5.74) is 1.20. The highest BCUT2D eigenvalue weighted by molar-refractivity contribution is 5.98. The molecule has 4 rings (SSSR count). The number of nitrogens with zero attached hydrogens (tertiary/aromatic N) is 1. The third-order valence-electron chi connectivity index (χ3n) is 4.91.